The van der Waals surface area contributed by atoms with Crippen LogP contribution < -0.4 is 4.74 Å². The summed E-state index contributed by atoms with van der Waals surface area (Å²) in [5.74, 6) is 0.480. The lowest BCUT2D eigenvalue weighted by Crippen LogP contribution is -2.12. The normalized spacial score (nSPS) is 9.95. The van der Waals surface area contributed by atoms with Crippen molar-refractivity contribution in [1.29, 1.82) is 0 Å². The summed E-state index contributed by atoms with van der Waals surface area (Å²) in [5, 5.41) is 0. The lowest BCUT2D eigenvalue weighted by molar-refractivity contribution is -0.140. The quantitative estimate of drug-likeness (QED) is 0.391. The Labute approximate surface area is 114 Å². The number of carbonyl (C=O) groups is 1. The molecule has 4 heteroatoms. The molecule has 0 spiro atoms. The first-order valence-electron chi connectivity index (χ1n) is 6.28. The van der Waals surface area contributed by atoms with Gasteiger partial charge in [0.15, 0.2) is 0 Å². The minimum absolute atomic E-state index is 0.255. The van der Waals surface area contributed by atoms with Gasteiger partial charge < -0.3 is 14.2 Å². The van der Waals surface area contributed by atoms with E-state index >= 15 is 0 Å². The molecule has 1 aromatic carbocycles. The van der Waals surface area contributed by atoms with Crippen LogP contribution in [-0.4, -0.2) is 32.4 Å². The summed E-state index contributed by atoms with van der Waals surface area (Å²) in [7, 11) is 0. The molecule has 0 atom stereocenters. The Morgan fingerprint density at radius 3 is 2.53 bits per heavy atom. The van der Waals surface area contributed by atoms with Gasteiger partial charge in [-0.15, -0.1) is 0 Å². The van der Waals surface area contributed by atoms with Crippen LogP contribution in [0.25, 0.3) is 0 Å². The summed E-state index contributed by atoms with van der Waals surface area (Å²) in [4.78, 5) is 11.0. The topological polar surface area (TPSA) is 44.8 Å². The number of rotatable bonds is 9. The molecule has 0 aliphatic heterocycles. The Kier molecular flexibility index (Phi) is 7.35. The maximum Gasteiger partial charge on any atom is 0.333 e. The van der Waals surface area contributed by atoms with E-state index in [2.05, 4.69) is 6.58 Å². The minimum atomic E-state index is -0.379. The van der Waals surface area contributed by atoms with Crippen LogP contribution in [0.1, 0.15) is 13.3 Å². The Balaban J connectivity index is 1.92. The van der Waals surface area contributed by atoms with Gasteiger partial charge in [0.2, 0.25) is 0 Å². The zero-order valence-corrected chi connectivity index (χ0v) is 11.3. The van der Waals surface area contributed by atoms with Gasteiger partial charge in [0.25, 0.3) is 0 Å². The summed E-state index contributed by atoms with van der Waals surface area (Å²) < 4.78 is 15.7. The summed E-state index contributed by atoms with van der Waals surface area (Å²) in [6.45, 7) is 6.94. The fourth-order valence-corrected chi connectivity index (χ4v) is 1.29. The molecule has 0 N–H and O–H groups in total. The van der Waals surface area contributed by atoms with Crippen molar-refractivity contribution in [2.75, 3.05) is 26.4 Å². The summed E-state index contributed by atoms with van der Waals surface area (Å²) in [6.07, 6.45) is 0.795. The van der Waals surface area contributed by atoms with Crippen molar-refractivity contribution in [3.05, 3.63) is 42.5 Å². The maximum absolute atomic E-state index is 11.0. The van der Waals surface area contributed by atoms with Crippen LogP contribution in [0.2, 0.25) is 0 Å². The van der Waals surface area contributed by atoms with Crippen molar-refractivity contribution in [2.24, 2.45) is 0 Å². The monoisotopic (exact) mass is 264 g/mol. The molecule has 0 saturated carbocycles. The van der Waals surface area contributed by atoms with Gasteiger partial charge in [-0.25, -0.2) is 4.79 Å². The third-order valence-electron chi connectivity index (χ3n) is 2.25. The number of ether oxygens (including phenoxy) is 3. The predicted octanol–water partition coefficient (Wildman–Crippen LogP) is 2.59. The molecular weight excluding hydrogens is 244 g/mol. The van der Waals surface area contributed by atoms with Crippen LogP contribution in [0, 0.1) is 0 Å². The number of carbonyl (C=O) groups excluding carboxylic acids is 1. The highest BCUT2D eigenvalue weighted by Gasteiger charge is 2.01. The lowest BCUT2D eigenvalue weighted by Gasteiger charge is -2.07. The zero-order valence-electron chi connectivity index (χ0n) is 11.3. The molecule has 1 aromatic rings. The van der Waals surface area contributed by atoms with Gasteiger partial charge in [0.05, 0.1) is 13.2 Å². The van der Waals surface area contributed by atoms with Gasteiger partial charge in [-0.1, -0.05) is 24.8 Å². The van der Waals surface area contributed by atoms with Gasteiger partial charge in [0.1, 0.15) is 12.4 Å². The van der Waals surface area contributed by atoms with Crippen molar-refractivity contribution >= 4 is 5.97 Å². The summed E-state index contributed by atoms with van der Waals surface area (Å²) in [6, 6.07) is 9.64. The second kappa shape index (κ2) is 9.16. The molecule has 1 rings (SSSR count). The van der Waals surface area contributed by atoms with E-state index in [-0.39, 0.29) is 12.6 Å². The second-order valence-corrected chi connectivity index (χ2v) is 4.04. The first-order chi connectivity index (χ1) is 9.20. The standard InChI is InChI=1S/C15H20O4/c1-13(2)15(16)19-12-11-17-9-6-10-18-14-7-4-3-5-8-14/h3-5,7-8H,1,6,9-12H2,2H3. The first-order valence-corrected chi connectivity index (χ1v) is 6.28. The molecular formula is C15H20O4. The van der Waals surface area contributed by atoms with Crippen molar-refractivity contribution in [3.8, 4) is 5.75 Å². The Hall–Kier alpha value is -1.81. The molecule has 0 aromatic heterocycles. The fraction of sp³-hybridized carbons (Fsp3) is 0.400. The second-order valence-electron chi connectivity index (χ2n) is 4.04. The molecule has 4 nitrogen and oxygen atoms in total. The van der Waals surface area contributed by atoms with Crippen LogP contribution in [0.15, 0.2) is 42.5 Å². The average Bonchev–Trinajstić information content (AvgIpc) is 2.42. The maximum atomic E-state index is 11.0. The molecule has 0 heterocycles. The minimum Gasteiger partial charge on any atom is -0.494 e. The average molecular weight is 264 g/mol. The van der Waals surface area contributed by atoms with Crippen LogP contribution in [-0.2, 0) is 14.3 Å². The van der Waals surface area contributed by atoms with Gasteiger partial charge in [-0.2, -0.15) is 0 Å². The first kappa shape index (κ1) is 15.2. The summed E-state index contributed by atoms with van der Waals surface area (Å²) in [5.41, 5.74) is 0.399. The zero-order chi connectivity index (χ0) is 13.9. The largest absolute Gasteiger partial charge is 0.494 e. The molecule has 0 fully saturated rings. The Morgan fingerprint density at radius 1 is 1.11 bits per heavy atom. The number of hydrogen-bond acceptors (Lipinski definition) is 4. The summed E-state index contributed by atoms with van der Waals surface area (Å²) >= 11 is 0. The van der Waals surface area contributed by atoms with Crippen molar-refractivity contribution in [3.63, 3.8) is 0 Å². The van der Waals surface area contributed by atoms with E-state index in [0.29, 0.717) is 25.4 Å². The Morgan fingerprint density at radius 2 is 1.84 bits per heavy atom. The van der Waals surface area contributed by atoms with E-state index in [4.69, 9.17) is 14.2 Å². The van der Waals surface area contributed by atoms with Crippen LogP contribution in [0.5, 0.6) is 5.75 Å². The molecule has 0 amide bonds. The van der Waals surface area contributed by atoms with Crippen molar-refractivity contribution in [1.82, 2.24) is 0 Å². The SMILES string of the molecule is C=C(C)C(=O)OCCOCCCOc1ccccc1. The number of esters is 1. The lowest BCUT2D eigenvalue weighted by atomic mass is 10.3. The highest BCUT2D eigenvalue weighted by Crippen LogP contribution is 2.08. The van der Waals surface area contributed by atoms with Crippen LogP contribution in [0.4, 0.5) is 0 Å². The molecule has 104 valence electrons. The molecule has 0 aliphatic rings. The van der Waals surface area contributed by atoms with Gasteiger partial charge >= 0.3 is 5.97 Å². The molecule has 0 unspecified atom stereocenters. The number of para-hydroxylation sites is 1. The fourth-order valence-electron chi connectivity index (χ4n) is 1.29. The molecule has 0 aliphatic carbocycles. The third-order valence-corrected chi connectivity index (χ3v) is 2.25. The molecule has 19 heavy (non-hydrogen) atoms. The van der Waals surface area contributed by atoms with E-state index in [9.17, 15) is 4.79 Å². The van der Waals surface area contributed by atoms with Crippen LogP contribution >= 0.6 is 0 Å². The van der Waals surface area contributed by atoms with Crippen LogP contribution in [0.3, 0.4) is 0 Å². The number of benzene rings is 1. The molecule has 0 bridgehead atoms. The van der Waals surface area contributed by atoms with Gasteiger partial charge in [-0.3, -0.25) is 0 Å². The van der Waals surface area contributed by atoms with Gasteiger partial charge in [-0.05, 0) is 19.1 Å². The predicted molar refractivity (Wildman–Crippen MR) is 73.1 cm³/mol. The highest BCUT2D eigenvalue weighted by atomic mass is 16.6. The van der Waals surface area contributed by atoms with E-state index in [1.54, 1.807) is 6.92 Å². The van der Waals surface area contributed by atoms with Crippen molar-refractivity contribution < 1.29 is 19.0 Å². The molecule has 0 saturated heterocycles. The smallest absolute Gasteiger partial charge is 0.333 e. The highest BCUT2D eigenvalue weighted by molar-refractivity contribution is 5.86. The van der Waals surface area contributed by atoms with E-state index in [1.807, 2.05) is 30.3 Å². The third kappa shape index (κ3) is 7.26. The Bertz CT molecular complexity index is 386. The number of hydrogen-bond donors (Lipinski definition) is 0. The van der Waals surface area contributed by atoms with Crippen molar-refractivity contribution in [2.45, 2.75) is 13.3 Å². The van der Waals surface area contributed by atoms with E-state index in [1.165, 1.54) is 0 Å². The van der Waals surface area contributed by atoms with E-state index in [0.717, 1.165) is 12.2 Å². The van der Waals surface area contributed by atoms with E-state index < -0.39 is 0 Å². The molecule has 0 radical (unpaired) electrons. The van der Waals surface area contributed by atoms with Gasteiger partial charge in [0, 0.05) is 18.6 Å².